The molecule has 1 aromatic rings. The van der Waals surface area contributed by atoms with Crippen LogP contribution >= 0.6 is 0 Å². The zero-order chi connectivity index (χ0) is 13.3. The fourth-order valence-electron chi connectivity index (χ4n) is 1.80. The van der Waals surface area contributed by atoms with Gasteiger partial charge < -0.3 is 14.7 Å². The molecule has 1 unspecified atom stereocenters. The second-order valence-corrected chi connectivity index (χ2v) is 5.64. The standard InChI is InChI=1S/C14H19NO3/c1-14(2,3)12(16)8-15-10-6-4-5-7-11(10)18-9-13(15)17/h4-7,12,16H,8-9H2,1-3H3. The first-order valence-electron chi connectivity index (χ1n) is 6.10. The van der Waals surface area contributed by atoms with Crippen molar-refractivity contribution < 1.29 is 14.6 Å². The van der Waals surface area contributed by atoms with Gasteiger partial charge in [0.1, 0.15) is 5.75 Å². The Morgan fingerprint density at radius 2 is 2.06 bits per heavy atom. The molecule has 1 N–H and O–H groups in total. The van der Waals surface area contributed by atoms with Crippen LogP contribution in [0.2, 0.25) is 0 Å². The second-order valence-electron chi connectivity index (χ2n) is 5.64. The Hall–Kier alpha value is -1.55. The van der Waals surface area contributed by atoms with Crippen LogP contribution in [0.15, 0.2) is 24.3 Å². The summed E-state index contributed by atoms with van der Waals surface area (Å²) < 4.78 is 5.36. The minimum Gasteiger partial charge on any atom is -0.482 e. The highest BCUT2D eigenvalue weighted by Gasteiger charge is 2.31. The van der Waals surface area contributed by atoms with Crippen molar-refractivity contribution in [2.45, 2.75) is 26.9 Å². The van der Waals surface area contributed by atoms with E-state index in [-0.39, 0.29) is 17.9 Å². The highest BCUT2D eigenvalue weighted by Crippen LogP contribution is 2.32. The van der Waals surface area contributed by atoms with Gasteiger partial charge in [-0.1, -0.05) is 32.9 Å². The van der Waals surface area contributed by atoms with Crippen molar-refractivity contribution in [2.24, 2.45) is 5.41 Å². The van der Waals surface area contributed by atoms with Crippen molar-refractivity contribution in [3.05, 3.63) is 24.3 Å². The summed E-state index contributed by atoms with van der Waals surface area (Å²) in [5, 5.41) is 10.1. The van der Waals surface area contributed by atoms with Crippen molar-refractivity contribution in [1.82, 2.24) is 0 Å². The Kier molecular flexibility index (Phi) is 3.30. The average molecular weight is 249 g/mol. The molecule has 0 fully saturated rings. The highest BCUT2D eigenvalue weighted by molar-refractivity contribution is 5.97. The number of aliphatic hydroxyl groups excluding tert-OH is 1. The van der Waals surface area contributed by atoms with Crippen LogP contribution in [0.4, 0.5) is 5.69 Å². The second kappa shape index (κ2) is 4.61. The summed E-state index contributed by atoms with van der Waals surface area (Å²) in [7, 11) is 0. The molecular weight excluding hydrogens is 230 g/mol. The van der Waals surface area contributed by atoms with Crippen LogP contribution in [0, 0.1) is 5.41 Å². The van der Waals surface area contributed by atoms with Gasteiger partial charge in [0.2, 0.25) is 0 Å². The lowest BCUT2D eigenvalue weighted by atomic mass is 9.88. The van der Waals surface area contributed by atoms with E-state index in [1.54, 1.807) is 4.90 Å². The Labute approximate surface area is 107 Å². The van der Waals surface area contributed by atoms with E-state index in [1.165, 1.54) is 0 Å². The number of anilines is 1. The molecule has 1 heterocycles. The first-order chi connectivity index (χ1) is 8.39. The lowest BCUT2D eigenvalue weighted by Gasteiger charge is -2.34. The predicted octanol–water partition coefficient (Wildman–Crippen LogP) is 1.82. The molecule has 18 heavy (non-hydrogen) atoms. The monoisotopic (exact) mass is 249 g/mol. The predicted molar refractivity (Wildman–Crippen MR) is 69.8 cm³/mol. The number of carbonyl (C=O) groups excluding carboxylic acids is 1. The van der Waals surface area contributed by atoms with Crippen LogP contribution in [0.3, 0.4) is 0 Å². The van der Waals surface area contributed by atoms with Crippen molar-refractivity contribution in [2.75, 3.05) is 18.1 Å². The van der Waals surface area contributed by atoms with Crippen LogP contribution < -0.4 is 9.64 Å². The molecule has 0 saturated heterocycles. The van der Waals surface area contributed by atoms with Gasteiger partial charge in [0.25, 0.3) is 5.91 Å². The van der Waals surface area contributed by atoms with E-state index in [1.807, 2.05) is 45.0 Å². The van der Waals surface area contributed by atoms with Gasteiger partial charge >= 0.3 is 0 Å². The maximum atomic E-state index is 11.9. The van der Waals surface area contributed by atoms with Gasteiger partial charge in [-0.15, -0.1) is 0 Å². The molecule has 1 aliphatic rings. The fraction of sp³-hybridized carbons (Fsp3) is 0.500. The minimum atomic E-state index is -0.576. The van der Waals surface area contributed by atoms with Gasteiger partial charge in [-0.05, 0) is 17.5 Å². The first-order valence-corrected chi connectivity index (χ1v) is 6.10. The number of amides is 1. The molecule has 98 valence electrons. The van der Waals surface area contributed by atoms with E-state index in [4.69, 9.17) is 4.74 Å². The molecule has 0 spiro atoms. The lowest BCUT2D eigenvalue weighted by molar-refractivity contribution is -0.121. The molecule has 1 aromatic carbocycles. The number of ether oxygens (including phenoxy) is 1. The summed E-state index contributed by atoms with van der Waals surface area (Å²) in [4.78, 5) is 13.5. The number of nitrogens with zero attached hydrogens (tertiary/aromatic N) is 1. The highest BCUT2D eigenvalue weighted by atomic mass is 16.5. The average Bonchev–Trinajstić information content (AvgIpc) is 2.31. The lowest BCUT2D eigenvalue weighted by Crippen LogP contribution is -2.46. The van der Waals surface area contributed by atoms with E-state index >= 15 is 0 Å². The molecule has 2 rings (SSSR count). The Morgan fingerprint density at radius 1 is 1.39 bits per heavy atom. The molecule has 1 aliphatic heterocycles. The molecule has 4 nitrogen and oxygen atoms in total. The zero-order valence-electron chi connectivity index (χ0n) is 11.0. The molecule has 1 amide bonds. The number of hydrogen-bond donors (Lipinski definition) is 1. The molecule has 0 aromatic heterocycles. The summed E-state index contributed by atoms with van der Waals surface area (Å²) in [5.74, 6) is 0.579. The van der Waals surface area contributed by atoms with Crippen LogP contribution in [0.25, 0.3) is 0 Å². The number of para-hydroxylation sites is 2. The van der Waals surface area contributed by atoms with E-state index in [2.05, 4.69) is 0 Å². The maximum Gasteiger partial charge on any atom is 0.265 e. The number of aliphatic hydroxyl groups is 1. The Morgan fingerprint density at radius 3 is 2.72 bits per heavy atom. The number of rotatable bonds is 2. The summed E-state index contributed by atoms with van der Waals surface area (Å²) >= 11 is 0. The Bertz CT molecular complexity index is 451. The number of fused-ring (bicyclic) bond motifs is 1. The minimum absolute atomic E-state index is 0.0356. The van der Waals surface area contributed by atoms with Crippen LogP contribution in [0.1, 0.15) is 20.8 Å². The van der Waals surface area contributed by atoms with E-state index in [0.717, 1.165) is 5.69 Å². The van der Waals surface area contributed by atoms with Crippen LogP contribution in [-0.4, -0.2) is 30.3 Å². The molecule has 1 atom stereocenters. The quantitative estimate of drug-likeness (QED) is 0.869. The van der Waals surface area contributed by atoms with Gasteiger partial charge in [-0.25, -0.2) is 0 Å². The summed E-state index contributed by atoms with van der Waals surface area (Å²) in [6.07, 6.45) is -0.576. The smallest absolute Gasteiger partial charge is 0.265 e. The van der Waals surface area contributed by atoms with Crippen molar-refractivity contribution in [3.8, 4) is 5.75 Å². The van der Waals surface area contributed by atoms with E-state index in [0.29, 0.717) is 12.3 Å². The Balaban J connectivity index is 2.25. The summed E-state index contributed by atoms with van der Waals surface area (Å²) in [5.41, 5.74) is 0.477. The molecular formula is C14H19NO3. The fourth-order valence-corrected chi connectivity index (χ4v) is 1.80. The molecule has 0 aliphatic carbocycles. The van der Waals surface area contributed by atoms with Crippen molar-refractivity contribution in [3.63, 3.8) is 0 Å². The number of benzene rings is 1. The maximum absolute atomic E-state index is 11.9. The normalized spacial score (nSPS) is 17.1. The molecule has 0 radical (unpaired) electrons. The van der Waals surface area contributed by atoms with Gasteiger partial charge in [-0.2, -0.15) is 0 Å². The van der Waals surface area contributed by atoms with Gasteiger partial charge in [-0.3, -0.25) is 4.79 Å². The van der Waals surface area contributed by atoms with Crippen molar-refractivity contribution in [1.29, 1.82) is 0 Å². The van der Waals surface area contributed by atoms with Crippen LogP contribution in [-0.2, 0) is 4.79 Å². The molecule has 0 bridgehead atoms. The zero-order valence-corrected chi connectivity index (χ0v) is 11.0. The number of carbonyl (C=O) groups is 1. The third-order valence-electron chi connectivity index (χ3n) is 3.16. The van der Waals surface area contributed by atoms with Crippen LogP contribution in [0.5, 0.6) is 5.75 Å². The molecule has 0 saturated carbocycles. The number of β-amino-alcohol motifs (C(OH)–C–C–N with tert-alkyl or cyclic N) is 1. The third kappa shape index (κ3) is 2.48. The van der Waals surface area contributed by atoms with Crippen molar-refractivity contribution >= 4 is 11.6 Å². The third-order valence-corrected chi connectivity index (χ3v) is 3.16. The van der Waals surface area contributed by atoms with Gasteiger partial charge in [0, 0.05) is 0 Å². The van der Waals surface area contributed by atoms with E-state index < -0.39 is 6.10 Å². The van der Waals surface area contributed by atoms with Gasteiger partial charge in [0.15, 0.2) is 6.61 Å². The molecule has 4 heteroatoms. The van der Waals surface area contributed by atoms with Gasteiger partial charge in [0.05, 0.1) is 18.3 Å². The summed E-state index contributed by atoms with van der Waals surface area (Å²) in [6.45, 7) is 6.19. The summed E-state index contributed by atoms with van der Waals surface area (Å²) in [6, 6.07) is 7.39. The number of hydrogen-bond acceptors (Lipinski definition) is 3. The first kappa shape index (κ1) is 12.9. The SMILES string of the molecule is CC(C)(C)C(O)CN1C(=O)COc2ccccc21. The largest absolute Gasteiger partial charge is 0.482 e. The van der Waals surface area contributed by atoms with E-state index in [9.17, 15) is 9.90 Å². The topological polar surface area (TPSA) is 49.8 Å².